The minimum absolute atomic E-state index is 0.0642. The minimum Gasteiger partial charge on any atom is -0.338 e. The van der Waals surface area contributed by atoms with Gasteiger partial charge in [-0.15, -0.1) is 11.3 Å². The number of carbonyl (C=O) groups excluding carboxylic acids is 2. The lowest BCUT2D eigenvalue weighted by Gasteiger charge is -2.39. The molecule has 3 heterocycles. The summed E-state index contributed by atoms with van der Waals surface area (Å²) in [4.78, 5) is 33.9. The monoisotopic (exact) mass is 501 g/mol. The number of nitrogens with zero attached hydrogens (tertiary/aromatic N) is 3. The van der Waals surface area contributed by atoms with Gasteiger partial charge in [-0.1, -0.05) is 55.8 Å². The number of amides is 2. The first-order valence-electron chi connectivity index (χ1n) is 13.2. The Hall–Kier alpha value is -2.96. The first-order valence-corrected chi connectivity index (χ1v) is 14.0. The van der Waals surface area contributed by atoms with E-state index in [-0.39, 0.29) is 17.9 Å². The summed E-state index contributed by atoms with van der Waals surface area (Å²) in [5, 5.41) is 2.17. The van der Waals surface area contributed by atoms with Crippen LogP contribution in [0.25, 0.3) is 0 Å². The van der Waals surface area contributed by atoms with Crippen LogP contribution >= 0.6 is 11.3 Å². The number of hydrogen-bond donors (Lipinski definition) is 0. The molecular weight excluding hydrogens is 466 g/mol. The number of rotatable bonds is 7. The van der Waals surface area contributed by atoms with Gasteiger partial charge in [0, 0.05) is 43.2 Å². The van der Waals surface area contributed by atoms with Crippen molar-refractivity contribution in [1.29, 1.82) is 0 Å². The average Bonchev–Trinajstić information content (AvgIpc) is 3.41. The summed E-state index contributed by atoms with van der Waals surface area (Å²) in [6.07, 6.45) is 4.38. The van der Waals surface area contributed by atoms with E-state index in [0.717, 1.165) is 24.9 Å². The summed E-state index contributed by atoms with van der Waals surface area (Å²) in [5.41, 5.74) is 4.59. The van der Waals surface area contributed by atoms with Gasteiger partial charge < -0.3 is 9.80 Å². The number of aryl methyl sites for hydroxylation is 1. The number of thiophene rings is 1. The molecule has 0 aliphatic carbocycles. The third kappa shape index (κ3) is 5.40. The van der Waals surface area contributed by atoms with E-state index in [2.05, 4.69) is 59.7 Å². The van der Waals surface area contributed by atoms with Gasteiger partial charge in [-0.05, 0) is 59.5 Å². The molecule has 188 valence electrons. The molecule has 2 amide bonds. The highest BCUT2D eigenvalue weighted by Gasteiger charge is 2.33. The van der Waals surface area contributed by atoms with Gasteiger partial charge in [-0.25, -0.2) is 0 Å². The summed E-state index contributed by atoms with van der Waals surface area (Å²) >= 11 is 1.82. The number of piperazine rings is 1. The SMILES string of the molecule is CCCCc1ccc(C(=O)N2CCN(C(=O)CN3CCc4sccc4C3c3ccccc3)CC2)cc1. The van der Waals surface area contributed by atoms with Crippen LogP contribution in [0.1, 0.15) is 57.7 Å². The topological polar surface area (TPSA) is 43.9 Å². The van der Waals surface area contributed by atoms with Crippen molar-refractivity contribution in [1.82, 2.24) is 14.7 Å². The van der Waals surface area contributed by atoms with Crippen molar-refractivity contribution in [3.8, 4) is 0 Å². The second kappa shape index (κ2) is 11.4. The maximum absolute atomic E-state index is 13.3. The molecule has 1 fully saturated rings. The van der Waals surface area contributed by atoms with Crippen LogP contribution in [0.2, 0.25) is 0 Å². The van der Waals surface area contributed by atoms with Crippen LogP contribution in [0.4, 0.5) is 0 Å². The fraction of sp³-hybridized carbons (Fsp3) is 0.400. The molecule has 1 unspecified atom stereocenters. The maximum Gasteiger partial charge on any atom is 0.253 e. The van der Waals surface area contributed by atoms with Crippen molar-refractivity contribution < 1.29 is 9.59 Å². The summed E-state index contributed by atoms with van der Waals surface area (Å²) in [5.74, 6) is 0.219. The first kappa shape index (κ1) is 24.7. The number of fused-ring (bicyclic) bond motifs is 1. The Bertz CT molecular complexity index is 1170. The molecule has 2 aromatic carbocycles. The van der Waals surface area contributed by atoms with Crippen molar-refractivity contribution >= 4 is 23.2 Å². The Morgan fingerprint density at radius 3 is 2.33 bits per heavy atom. The zero-order valence-corrected chi connectivity index (χ0v) is 21.9. The Kier molecular flexibility index (Phi) is 7.83. The third-order valence-corrected chi connectivity index (χ3v) is 8.46. The van der Waals surface area contributed by atoms with Crippen LogP contribution in [0.3, 0.4) is 0 Å². The van der Waals surface area contributed by atoms with E-state index in [1.165, 1.54) is 34.4 Å². The van der Waals surface area contributed by atoms with E-state index in [0.29, 0.717) is 32.7 Å². The molecule has 6 heteroatoms. The van der Waals surface area contributed by atoms with E-state index in [1.54, 1.807) is 0 Å². The van der Waals surface area contributed by atoms with Gasteiger partial charge in [0.1, 0.15) is 0 Å². The molecular formula is C30H35N3O2S. The Morgan fingerprint density at radius 1 is 0.889 bits per heavy atom. The second-order valence-electron chi connectivity index (χ2n) is 9.81. The molecule has 0 bridgehead atoms. The maximum atomic E-state index is 13.3. The van der Waals surface area contributed by atoms with Crippen LogP contribution < -0.4 is 0 Å². The number of unbranched alkanes of at least 4 members (excludes halogenated alkanes) is 1. The number of hydrogen-bond acceptors (Lipinski definition) is 4. The molecule has 36 heavy (non-hydrogen) atoms. The normalized spacial score (nSPS) is 18.2. The van der Waals surface area contributed by atoms with Gasteiger partial charge in [-0.3, -0.25) is 14.5 Å². The highest BCUT2D eigenvalue weighted by molar-refractivity contribution is 7.10. The minimum atomic E-state index is 0.0642. The molecule has 5 nitrogen and oxygen atoms in total. The van der Waals surface area contributed by atoms with Gasteiger partial charge in [0.05, 0.1) is 12.6 Å². The first-order chi connectivity index (χ1) is 17.6. The molecule has 1 atom stereocenters. The summed E-state index contributed by atoms with van der Waals surface area (Å²) in [6.45, 7) is 5.82. The average molecular weight is 502 g/mol. The summed E-state index contributed by atoms with van der Waals surface area (Å²) in [7, 11) is 0. The van der Waals surface area contributed by atoms with Crippen molar-refractivity contribution in [2.45, 2.75) is 38.6 Å². The van der Waals surface area contributed by atoms with Gasteiger partial charge >= 0.3 is 0 Å². The molecule has 5 rings (SSSR count). The smallest absolute Gasteiger partial charge is 0.253 e. The van der Waals surface area contributed by atoms with Crippen LogP contribution in [0.5, 0.6) is 0 Å². The van der Waals surface area contributed by atoms with Crippen LogP contribution in [0.15, 0.2) is 66.0 Å². The van der Waals surface area contributed by atoms with Crippen LogP contribution in [-0.2, 0) is 17.6 Å². The lowest BCUT2D eigenvalue weighted by molar-refractivity contribution is -0.134. The quantitative estimate of drug-likeness (QED) is 0.457. The van der Waals surface area contributed by atoms with E-state index >= 15 is 0 Å². The number of benzene rings is 2. The zero-order chi connectivity index (χ0) is 24.9. The summed E-state index contributed by atoms with van der Waals surface area (Å²) < 4.78 is 0. The third-order valence-electron chi connectivity index (χ3n) is 7.46. The molecule has 0 saturated carbocycles. The van der Waals surface area contributed by atoms with E-state index in [1.807, 2.05) is 39.3 Å². The number of carbonyl (C=O) groups is 2. The highest BCUT2D eigenvalue weighted by atomic mass is 32.1. The highest BCUT2D eigenvalue weighted by Crippen LogP contribution is 2.37. The molecule has 1 aromatic heterocycles. The standard InChI is InChI=1S/C30H35N3O2S/c1-2-3-7-23-10-12-25(13-11-23)30(35)32-19-17-31(18-20-32)28(34)22-33-16-14-27-26(15-21-36-27)29(33)24-8-5-4-6-9-24/h4-6,8-13,15,21,29H,2-3,7,14,16-20,22H2,1H3. The second-order valence-corrected chi connectivity index (χ2v) is 10.8. The molecule has 0 radical (unpaired) electrons. The molecule has 0 spiro atoms. The van der Waals surface area contributed by atoms with E-state index in [9.17, 15) is 9.59 Å². The molecule has 3 aromatic rings. The Morgan fingerprint density at radius 2 is 1.61 bits per heavy atom. The lowest BCUT2D eigenvalue weighted by Crippen LogP contribution is -2.53. The molecule has 0 N–H and O–H groups in total. The van der Waals surface area contributed by atoms with Crippen molar-refractivity contribution in [3.63, 3.8) is 0 Å². The van der Waals surface area contributed by atoms with Gasteiger partial charge in [0.2, 0.25) is 5.91 Å². The Balaban J connectivity index is 1.19. The lowest BCUT2D eigenvalue weighted by atomic mass is 9.93. The van der Waals surface area contributed by atoms with Crippen LogP contribution in [0, 0.1) is 0 Å². The fourth-order valence-corrected chi connectivity index (χ4v) is 6.28. The van der Waals surface area contributed by atoms with Crippen LogP contribution in [-0.4, -0.2) is 65.8 Å². The molecule has 2 aliphatic heterocycles. The zero-order valence-electron chi connectivity index (χ0n) is 21.1. The van der Waals surface area contributed by atoms with Crippen molar-refractivity contribution in [2.75, 3.05) is 39.3 Å². The van der Waals surface area contributed by atoms with Crippen molar-refractivity contribution in [2.24, 2.45) is 0 Å². The van der Waals surface area contributed by atoms with Gasteiger partial charge in [0.15, 0.2) is 0 Å². The van der Waals surface area contributed by atoms with E-state index in [4.69, 9.17) is 0 Å². The van der Waals surface area contributed by atoms with E-state index < -0.39 is 0 Å². The Labute approximate surface area is 218 Å². The molecule has 2 aliphatic rings. The fourth-order valence-electron chi connectivity index (χ4n) is 5.37. The predicted octanol–water partition coefficient (Wildman–Crippen LogP) is 5.02. The molecule has 1 saturated heterocycles. The largest absolute Gasteiger partial charge is 0.338 e. The predicted molar refractivity (Wildman–Crippen MR) is 145 cm³/mol. The van der Waals surface area contributed by atoms with Crippen molar-refractivity contribution in [3.05, 3.63) is 93.2 Å². The van der Waals surface area contributed by atoms with Gasteiger partial charge in [-0.2, -0.15) is 0 Å². The van der Waals surface area contributed by atoms with Gasteiger partial charge in [0.25, 0.3) is 5.91 Å². The summed E-state index contributed by atoms with van der Waals surface area (Å²) in [6, 6.07) is 20.9.